The van der Waals surface area contributed by atoms with Crippen LogP contribution in [0.15, 0.2) is 22.8 Å². The lowest BCUT2D eigenvalue weighted by Gasteiger charge is -2.13. The highest BCUT2D eigenvalue weighted by Gasteiger charge is 2.06. The molecule has 0 heterocycles. The third-order valence-corrected chi connectivity index (χ3v) is 2.10. The molecule has 0 radical (unpaired) electrons. The van der Waals surface area contributed by atoms with E-state index in [2.05, 4.69) is 26.0 Å². The molecule has 0 unspecified atom stereocenters. The Kier molecular flexibility index (Phi) is 2.56. The van der Waals surface area contributed by atoms with Gasteiger partial charge in [-0.15, -0.1) is 0 Å². The quantitative estimate of drug-likeness (QED) is 0.545. The molecule has 1 rings (SSSR count). The van der Waals surface area contributed by atoms with E-state index in [4.69, 9.17) is 11.6 Å². The van der Waals surface area contributed by atoms with Gasteiger partial charge in [-0.05, 0) is 24.8 Å². The maximum atomic E-state index is 5.84. The standard InChI is InChI=1S/C9H13Cl/c1-7(2)8-4-3-5-9(10)6-8/h5-7H,3-4H2,1-2H3. The summed E-state index contributed by atoms with van der Waals surface area (Å²) in [6, 6.07) is 0. The molecule has 0 aromatic rings. The predicted molar refractivity (Wildman–Crippen MR) is 46.1 cm³/mol. The summed E-state index contributed by atoms with van der Waals surface area (Å²) in [5.74, 6) is 0.655. The van der Waals surface area contributed by atoms with E-state index in [1.807, 2.05) is 0 Å². The van der Waals surface area contributed by atoms with Crippen molar-refractivity contribution in [2.75, 3.05) is 0 Å². The molecule has 0 saturated carbocycles. The molecule has 56 valence electrons. The van der Waals surface area contributed by atoms with Gasteiger partial charge >= 0.3 is 0 Å². The topological polar surface area (TPSA) is 0 Å². The second-order valence-electron chi connectivity index (χ2n) is 3.00. The smallest absolute Gasteiger partial charge is 0.0365 e. The van der Waals surface area contributed by atoms with E-state index in [1.165, 1.54) is 12.0 Å². The monoisotopic (exact) mass is 156 g/mol. The van der Waals surface area contributed by atoms with E-state index in [0.29, 0.717) is 5.92 Å². The van der Waals surface area contributed by atoms with Crippen molar-refractivity contribution in [3.8, 4) is 0 Å². The van der Waals surface area contributed by atoms with E-state index < -0.39 is 0 Å². The van der Waals surface area contributed by atoms with Gasteiger partial charge in [-0.1, -0.05) is 37.1 Å². The molecule has 1 aliphatic rings. The predicted octanol–water partition coefficient (Wildman–Crippen LogP) is 3.49. The number of rotatable bonds is 1. The highest BCUT2D eigenvalue weighted by molar-refractivity contribution is 6.31. The lowest BCUT2D eigenvalue weighted by atomic mass is 9.95. The van der Waals surface area contributed by atoms with Gasteiger partial charge in [0.2, 0.25) is 0 Å². The summed E-state index contributed by atoms with van der Waals surface area (Å²) in [5, 5.41) is 0.912. The number of halogens is 1. The Bertz CT molecular complexity index is 175. The van der Waals surface area contributed by atoms with Gasteiger partial charge in [0.15, 0.2) is 0 Å². The molecule has 0 aliphatic heterocycles. The average molecular weight is 157 g/mol. The number of hydrogen-bond acceptors (Lipinski definition) is 0. The fourth-order valence-electron chi connectivity index (χ4n) is 1.14. The van der Waals surface area contributed by atoms with Crippen molar-refractivity contribution in [3.05, 3.63) is 22.8 Å². The van der Waals surface area contributed by atoms with Crippen molar-refractivity contribution in [2.24, 2.45) is 5.92 Å². The lowest BCUT2D eigenvalue weighted by molar-refractivity contribution is 0.708. The van der Waals surface area contributed by atoms with Crippen LogP contribution in [-0.2, 0) is 0 Å². The molecule has 0 atom stereocenters. The van der Waals surface area contributed by atoms with Gasteiger partial charge in [0, 0.05) is 5.03 Å². The van der Waals surface area contributed by atoms with Crippen molar-refractivity contribution < 1.29 is 0 Å². The van der Waals surface area contributed by atoms with Crippen molar-refractivity contribution >= 4 is 11.6 Å². The molecule has 0 bridgehead atoms. The molecule has 0 fully saturated rings. The fourth-order valence-corrected chi connectivity index (χ4v) is 1.39. The summed E-state index contributed by atoms with van der Waals surface area (Å²) < 4.78 is 0. The zero-order chi connectivity index (χ0) is 7.56. The lowest BCUT2D eigenvalue weighted by Crippen LogP contribution is -1.96. The summed E-state index contributed by atoms with van der Waals surface area (Å²) >= 11 is 5.84. The molecular formula is C9H13Cl. The average Bonchev–Trinajstić information content (AvgIpc) is 1.88. The first-order chi connectivity index (χ1) is 4.70. The molecule has 1 heteroatoms. The molecule has 0 spiro atoms. The molecule has 10 heavy (non-hydrogen) atoms. The Morgan fingerprint density at radius 2 is 2.20 bits per heavy atom. The molecule has 0 aromatic heterocycles. The van der Waals surface area contributed by atoms with Crippen LogP contribution in [0.4, 0.5) is 0 Å². The molecular weight excluding hydrogens is 144 g/mol. The second-order valence-corrected chi connectivity index (χ2v) is 3.44. The summed E-state index contributed by atoms with van der Waals surface area (Å²) in [6.07, 6.45) is 6.47. The Morgan fingerprint density at radius 1 is 1.50 bits per heavy atom. The molecule has 0 N–H and O–H groups in total. The minimum absolute atomic E-state index is 0.655. The van der Waals surface area contributed by atoms with Crippen LogP contribution >= 0.6 is 11.6 Å². The van der Waals surface area contributed by atoms with Crippen LogP contribution in [0.25, 0.3) is 0 Å². The van der Waals surface area contributed by atoms with E-state index in [0.717, 1.165) is 11.5 Å². The first kappa shape index (κ1) is 7.87. The fraction of sp³-hybridized carbons (Fsp3) is 0.556. The van der Waals surface area contributed by atoms with Crippen LogP contribution in [0, 0.1) is 5.92 Å². The first-order valence-corrected chi connectivity index (χ1v) is 4.14. The van der Waals surface area contributed by atoms with Gasteiger partial charge in [-0.3, -0.25) is 0 Å². The summed E-state index contributed by atoms with van der Waals surface area (Å²) in [4.78, 5) is 0. The van der Waals surface area contributed by atoms with Crippen molar-refractivity contribution in [2.45, 2.75) is 26.7 Å². The summed E-state index contributed by atoms with van der Waals surface area (Å²) in [6.45, 7) is 4.42. The molecule has 0 amide bonds. The number of allylic oxidation sites excluding steroid dienone is 4. The van der Waals surface area contributed by atoms with E-state index >= 15 is 0 Å². The van der Waals surface area contributed by atoms with Gasteiger partial charge < -0.3 is 0 Å². The minimum Gasteiger partial charge on any atom is -0.0847 e. The van der Waals surface area contributed by atoms with E-state index in [-0.39, 0.29) is 0 Å². The highest BCUT2D eigenvalue weighted by Crippen LogP contribution is 2.24. The maximum Gasteiger partial charge on any atom is 0.0365 e. The minimum atomic E-state index is 0.655. The van der Waals surface area contributed by atoms with Gasteiger partial charge in [-0.25, -0.2) is 0 Å². The zero-order valence-electron chi connectivity index (χ0n) is 6.52. The summed E-state index contributed by atoms with van der Waals surface area (Å²) in [5.41, 5.74) is 1.48. The van der Waals surface area contributed by atoms with Crippen LogP contribution in [0.2, 0.25) is 0 Å². The van der Waals surface area contributed by atoms with Crippen LogP contribution in [-0.4, -0.2) is 0 Å². The largest absolute Gasteiger partial charge is 0.0847 e. The van der Waals surface area contributed by atoms with Crippen molar-refractivity contribution in [1.29, 1.82) is 0 Å². The van der Waals surface area contributed by atoms with E-state index in [9.17, 15) is 0 Å². The third-order valence-electron chi connectivity index (χ3n) is 1.84. The second kappa shape index (κ2) is 3.25. The first-order valence-electron chi connectivity index (χ1n) is 3.76. The zero-order valence-corrected chi connectivity index (χ0v) is 7.28. The van der Waals surface area contributed by atoms with Gasteiger partial charge in [0.25, 0.3) is 0 Å². The van der Waals surface area contributed by atoms with Crippen molar-refractivity contribution in [1.82, 2.24) is 0 Å². The van der Waals surface area contributed by atoms with Gasteiger partial charge in [0.1, 0.15) is 0 Å². The van der Waals surface area contributed by atoms with Gasteiger partial charge in [0.05, 0.1) is 0 Å². The Hall–Kier alpha value is -0.230. The van der Waals surface area contributed by atoms with Crippen LogP contribution in [0.5, 0.6) is 0 Å². The Labute approximate surface area is 67.6 Å². The molecule has 1 aliphatic carbocycles. The molecule has 0 saturated heterocycles. The van der Waals surface area contributed by atoms with Crippen LogP contribution in [0.3, 0.4) is 0 Å². The highest BCUT2D eigenvalue weighted by atomic mass is 35.5. The van der Waals surface area contributed by atoms with Gasteiger partial charge in [-0.2, -0.15) is 0 Å². The SMILES string of the molecule is CC(C)C1=CC(Cl)=CCC1. The van der Waals surface area contributed by atoms with Crippen molar-refractivity contribution in [3.63, 3.8) is 0 Å². The third kappa shape index (κ3) is 1.88. The number of hydrogen-bond donors (Lipinski definition) is 0. The molecule has 0 nitrogen and oxygen atoms in total. The maximum absolute atomic E-state index is 5.84. The van der Waals surface area contributed by atoms with Crippen LogP contribution < -0.4 is 0 Å². The Balaban J connectivity index is 2.69. The van der Waals surface area contributed by atoms with E-state index in [1.54, 1.807) is 0 Å². The Morgan fingerprint density at radius 3 is 2.60 bits per heavy atom. The summed E-state index contributed by atoms with van der Waals surface area (Å²) in [7, 11) is 0. The van der Waals surface area contributed by atoms with Crippen LogP contribution in [0.1, 0.15) is 26.7 Å². The molecule has 0 aromatic carbocycles. The normalized spacial score (nSPS) is 18.8.